The van der Waals surface area contributed by atoms with Crippen LogP contribution in [0.3, 0.4) is 0 Å². The highest BCUT2D eigenvalue weighted by molar-refractivity contribution is 7.78. The van der Waals surface area contributed by atoms with Crippen LogP contribution in [0.4, 0.5) is 0 Å². The van der Waals surface area contributed by atoms with Crippen molar-refractivity contribution in [1.29, 1.82) is 0 Å². The number of carboxylic acid groups (broad SMARTS) is 1. The lowest BCUT2D eigenvalue weighted by molar-refractivity contribution is -0.137. The number of thiocarbonyl (C=S) groups is 1. The highest BCUT2D eigenvalue weighted by atomic mass is 32.1. The van der Waals surface area contributed by atoms with E-state index in [-0.39, 0.29) is 6.54 Å². The molecule has 0 bridgehead atoms. The Morgan fingerprint density at radius 3 is 2.44 bits per heavy atom. The fourth-order valence-electron chi connectivity index (χ4n) is 3.55. The first kappa shape index (κ1) is 19.1. The molecule has 1 aromatic heterocycles. The molecule has 0 aliphatic carbocycles. The van der Waals surface area contributed by atoms with E-state index in [2.05, 4.69) is 35.2 Å². The second-order valence-electron chi connectivity index (χ2n) is 6.69. The second-order valence-corrected chi connectivity index (χ2v) is 6.90. The summed E-state index contributed by atoms with van der Waals surface area (Å²) in [6.07, 6.45) is 1.79. The van der Waals surface area contributed by atoms with Gasteiger partial charge in [-0.15, -0.1) is 0 Å². The molecule has 2 aromatic carbocycles. The third-order valence-corrected chi connectivity index (χ3v) is 5.28. The van der Waals surface area contributed by atoms with E-state index in [9.17, 15) is 9.90 Å². The van der Waals surface area contributed by atoms with E-state index < -0.39 is 5.97 Å². The van der Waals surface area contributed by atoms with Gasteiger partial charge in [-0.2, -0.15) is 0 Å². The van der Waals surface area contributed by atoms with Crippen molar-refractivity contribution in [3.8, 4) is 0 Å². The van der Waals surface area contributed by atoms with E-state index in [0.29, 0.717) is 0 Å². The van der Waals surface area contributed by atoms with Gasteiger partial charge in [0.1, 0.15) is 6.54 Å². The van der Waals surface area contributed by atoms with Crippen LogP contribution < -0.4 is 0 Å². The summed E-state index contributed by atoms with van der Waals surface area (Å²) in [5.74, 6) is -0.825. The number of rotatable bonds is 9. The lowest BCUT2D eigenvalue weighted by Crippen LogP contribution is -2.26. The Morgan fingerprint density at radius 2 is 1.74 bits per heavy atom. The fraction of sp³-hybridized carbons (Fsp3) is 0.273. The molecule has 0 aliphatic heterocycles. The number of benzene rings is 2. The molecule has 27 heavy (non-hydrogen) atoms. The first-order chi connectivity index (χ1) is 13.1. The van der Waals surface area contributed by atoms with Gasteiger partial charge in [0.15, 0.2) is 0 Å². The van der Waals surface area contributed by atoms with Crippen LogP contribution in [-0.2, 0) is 24.2 Å². The number of hydrogen-bond donors (Lipinski definition) is 1. The van der Waals surface area contributed by atoms with Crippen molar-refractivity contribution in [3.05, 3.63) is 71.4 Å². The van der Waals surface area contributed by atoms with E-state index in [0.717, 1.165) is 42.5 Å². The predicted octanol–water partition coefficient (Wildman–Crippen LogP) is 4.08. The van der Waals surface area contributed by atoms with E-state index >= 15 is 0 Å². The van der Waals surface area contributed by atoms with Gasteiger partial charge in [0.05, 0.1) is 5.49 Å². The first-order valence-electron chi connectivity index (χ1n) is 9.12. The maximum atomic E-state index is 11.3. The fourth-order valence-corrected chi connectivity index (χ4v) is 3.76. The molecule has 1 N–H and O–H groups in total. The number of carboxylic acids is 1. The van der Waals surface area contributed by atoms with E-state index in [1.54, 1.807) is 5.49 Å². The monoisotopic (exact) mass is 380 g/mol. The molecule has 0 unspecified atom stereocenters. The van der Waals surface area contributed by atoms with Crippen molar-refractivity contribution >= 4 is 34.6 Å². The van der Waals surface area contributed by atoms with Gasteiger partial charge in [0.25, 0.3) is 0 Å². The summed E-state index contributed by atoms with van der Waals surface area (Å²) in [5, 5.41) is 10.4. The molecule has 0 radical (unpaired) electrons. The number of aromatic nitrogens is 1. The predicted molar refractivity (Wildman–Crippen MR) is 113 cm³/mol. The Balaban J connectivity index is 1.74. The molecule has 1 heterocycles. The van der Waals surface area contributed by atoms with Gasteiger partial charge in [0.2, 0.25) is 0 Å². The minimum atomic E-state index is -0.825. The van der Waals surface area contributed by atoms with Crippen molar-refractivity contribution < 1.29 is 9.90 Å². The Morgan fingerprint density at radius 1 is 1.07 bits per heavy atom. The van der Waals surface area contributed by atoms with Crippen LogP contribution in [0.25, 0.3) is 10.9 Å². The van der Waals surface area contributed by atoms with Gasteiger partial charge in [0, 0.05) is 29.7 Å². The number of carbonyl (C=O) groups is 1. The molecular weight excluding hydrogens is 356 g/mol. The van der Waals surface area contributed by atoms with Crippen molar-refractivity contribution in [2.45, 2.75) is 26.3 Å². The Labute approximate surface area is 165 Å². The van der Waals surface area contributed by atoms with Crippen molar-refractivity contribution in [2.24, 2.45) is 0 Å². The smallest absolute Gasteiger partial charge is 0.323 e. The molecule has 3 aromatic rings. The summed E-state index contributed by atoms with van der Waals surface area (Å²) in [6, 6.07) is 18.4. The summed E-state index contributed by atoms with van der Waals surface area (Å²) in [5.41, 5.74) is 6.23. The van der Waals surface area contributed by atoms with Gasteiger partial charge < -0.3 is 14.6 Å². The largest absolute Gasteiger partial charge is 0.480 e. The van der Waals surface area contributed by atoms with Crippen LogP contribution in [0.1, 0.15) is 16.8 Å². The SMILES string of the molecule is Cc1c(CCN(C=S)CCc2ccccc2)c2ccccc2n1CC(=O)O. The average Bonchev–Trinajstić information content (AvgIpc) is 2.94. The molecule has 0 amide bonds. The summed E-state index contributed by atoms with van der Waals surface area (Å²) in [7, 11) is 0. The standard InChI is InChI=1S/C22H24N2O2S/c1-17-19(20-9-5-6-10-21(20)24(17)15-22(25)26)12-14-23(16-27)13-11-18-7-3-2-4-8-18/h2-10,16H,11-15H2,1H3,(H,25,26). The van der Waals surface area contributed by atoms with Crippen LogP contribution >= 0.6 is 12.2 Å². The zero-order valence-corrected chi connectivity index (χ0v) is 16.3. The number of fused-ring (bicyclic) bond motifs is 1. The third kappa shape index (κ3) is 4.55. The lowest BCUT2D eigenvalue weighted by atomic mass is 10.1. The molecule has 4 nitrogen and oxygen atoms in total. The molecule has 5 heteroatoms. The highest BCUT2D eigenvalue weighted by Crippen LogP contribution is 2.26. The van der Waals surface area contributed by atoms with Gasteiger partial charge in [-0.25, -0.2) is 0 Å². The first-order valence-corrected chi connectivity index (χ1v) is 9.59. The van der Waals surface area contributed by atoms with Crippen LogP contribution in [0, 0.1) is 6.92 Å². The molecule has 0 spiro atoms. The van der Waals surface area contributed by atoms with E-state index in [1.165, 1.54) is 11.1 Å². The van der Waals surface area contributed by atoms with Crippen molar-refractivity contribution in [3.63, 3.8) is 0 Å². The third-order valence-electron chi connectivity index (χ3n) is 4.98. The van der Waals surface area contributed by atoms with Crippen LogP contribution in [0.15, 0.2) is 54.6 Å². The zero-order valence-electron chi connectivity index (χ0n) is 15.5. The van der Waals surface area contributed by atoms with Crippen LogP contribution in [-0.4, -0.2) is 39.1 Å². The molecule has 3 rings (SSSR count). The minimum Gasteiger partial charge on any atom is -0.480 e. The quantitative estimate of drug-likeness (QED) is 0.568. The Kier molecular flexibility index (Phi) is 6.24. The van der Waals surface area contributed by atoms with Gasteiger partial charge in [-0.1, -0.05) is 60.7 Å². The van der Waals surface area contributed by atoms with Crippen molar-refractivity contribution in [2.75, 3.05) is 13.1 Å². The van der Waals surface area contributed by atoms with Crippen molar-refractivity contribution in [1.82, 2.24) is 9.47 Å². The summed E-state index contributed by atoms with van der Waals surface area (Å²) < 4.78 is 1.89. The number of para-hydroxylation sites is 1. The molecule has 0 atom stereocenters. The molecule has 0 aliphatic rings. The Hall–Kier alpha value is -2.66. The molecule has 0 fully saturated rings. The minimum absolute atomic E-state index is 0.0166. The number of nitrogens with zero attached hydrogens (tertiary/aromatic N) is 2. The second kappa shape index (κ2) is 8.82. The molecule has 140 valence electrons. The average molecular weight is 381 g/mol. The van der Waals surface area contributed by atoms with Gasteiger partial charge in [-0.3, -0.25) is 4.79 Å². The lowest BCUT2D eigenvalue weighted by Gasteiger charge is -2.19. The zero-order chi connectivity index (χ0) is 19.2. The summed E-state index contributed by atoms with van der Waals surface area (Å²) >= 11 is 5.21. The number of hydrogen-bond acceptors (Lipinski definition) is 2. The summed E-state index contributed by atoms with van der Waals surface area (Å²) in [6.45, 7) is 3.68. The van der Waals surface area contributed by atoms with E-state index in [1.807, 2.05) is 35.8 Å². The van der Waals surface area contributed by atoms with Crippen LogP contribution in [0.5, 0.6) is 0 Å². The normalized spacial score (nSPS) is 10.9. The van der Waals surface area contributed by atoms with Gasteiger partial charge in [-0.05, 0) is 37.0 Å². The summed E-state index contributed by atoms with van der Waals surface area (Å²) in [4.78, 5) is 13.4. The maximum Gasteiger partial charge on any atom is 0.323 e. The topological polar surface area (TPSA) is 45.5 Å². The maximum absolute atomic E-state index is 11.3. The number of aliphatic carboxylic acids is 1. The molecule has 0 saturated heterocycles. The van der Waals surface area contributed by atoms with Crippen LogP contribution in [0.2, 0.25) is 0 Å². The molecular formula is C22H24N2O2S. The van der Waals surface area contributed by atoms with Gasteiger partial charge >= 0.3 is 5.97 Å². The molecule has 0 saturated carbocycles. The Bertz CT molecular complexity index is 934. The highest BCUT2D eigenvalue weighted by Gasteiger charge is 2.16. The van der Waals surface area contributed by atoms with E-state index in [4.69, 9.17) is 12.2 Å².